The summed E-state index contributed by atoms with van der Waals surface area (Å²) in [6.45, 7) is 6.22. The molecule has 96 valence electrons. The molecule has 5 heteroatoms. The van der Waals surface area contributed by atoms with E-state index in [1.807, 2.05) is 12.1 Å². The van der Waals surface area contributed by atoms with E-state index in [1.54, 1.807) is 0 Å². The van der Waals surface area contributed by atoms with E-state index in [0.29, 0.717) is 0 Å². The summed E-state index contributed by atoms with van der Waals surface area (Å²) < 4.78 is 5.30. The summed E-state index contributed by atoms with van der Waals surface area (Å²) in [5.41, 5.74) is 3.01. The van der Waals surface area contributed by atoms with Gasteiger partial charge in [-0.1, -0.05) is 6.07 Å². The quantitative estimate of drug-likeness (QED) is 0.835. The molecule has 1 aromatic heterocycles. The molecule has 0 saturated carbocycles. The van der Waals surface area contributed by atoms with Gasteiger partial charge >= 0.3 is 0 Å². The van der Waals surface area contributed by atoms with Gasteiger partial charge in [-0.25, -0.2) is 4.98 Å². The first-order valence-electron chi connectivity index (χ1n) is 6.38. The normalized spacial score (nSPS) is 17.3. The molecule has 2 N–H and O–H groups in total. The van der Waals surface area contributed by atoms with E-state index in [4.69, 9.17) is 4.42 Å². The highest BCUT2D eigenvalue weighted by molar-refractivity contribution is 5.72. The molecule has 1 saturated heterocycles. The van der Waals surface area contributed by atoms with E-state index in [2.05, 4.69) is 26.6 Å². The molecule has 0 radical (unpaired) electrons. The number of hydrogen-bond acceptors (Lipinski definition) is 5. The molecular formula is C13H18N4O. The van der Waals surface area contributed by atoms with Crippen molar-refractivity contribution in [2.45, 2.75) is 6.54 Å². The van der Waals surface area contributed by atoms with Crippen molar-refractivity contribution in [3.8, 4) is 0 Å². The minimum absolute atomic E-state index is 0.858. The van der Waals surface area contributed by atoms with Crippen LogP contribution in [0.3, 0.4) is 0 Å². The monoisotopic (exact) mass is 246 g/mol. The van der Waals surface area contributed by atoms with E-state index in [-0.39, 0.29) is 0 Å². The van der Waals surface area contributed by atoms with Crippen LogP contribution >= 0.6 is 0 Å². The van der Waals surface area contributed by atoms with Gasteiger partial charge in [-0.3, -0.25) is 4.90 Å². The van der Waals surface area contributed by atoms with Crippen LogP contribution in [0.1, 0.15) is 5.56 Å². The predicted molar refractivity (Wildman–Crippen MR) is 70.2 cm³/mol. The fourth-order valence-electron chi connectivity index (χ4n) is 2.24. The number of benzene rings is 1. The van der Waals surface area contributed by atoms with Gasteiger partial charge in [0.1, 0.15) is 5.52 Å². The number of nitrogens with zero attached hydrogens (tertiary/aromatic N) is 2. The first kappa shape index (κ1) is 11.6. The van der Waals surface area contributed by atoms with Gasteiger partial charge in [0.15, 0.2) is 12.0 Å². The highest BCUT2D eigenvalue weighted by atomic mass is 16.3. The fourth-order valence-corrected chi connectivity index (χ4v) is 2.24. The van der Waals surface area contributed by atoms with Crippen molar-refractivity contribution in [1.29, 1.82) is 0 Å². The lowest BCUT2D eigenvalue weighted by atomic mass is 10.2. The van der Waals surface area contributed by atoms with E-state index in [0.717, 1.165) is 50.5 Å². The number of hydrogen-bond donors (Lipinski definition) is 2. The average Bonchev–Trinajstić information content (AvgIpc) is 2.87. The summed E-state index contributed by atoms with van der Waals surface area (Å²) in [5.74, 6) is 0. The largest absolute Gasteiger partial charge is 0.443 e. The summed E-state index contributed by atoms with van der Waals surface area (Å²) in [6.07, 6.45) is 1.49. The minimum Gasteiger partial charge on any atom is -0.443 e. The molecule has 18 heavy (non-hydrogen) atoms. The molecule has 5 nitrogen and oxygen atoms in total. The molecule has 2 aromatic rings. The van der Waals surface area contributed by atoms with Crippen molar-refractivity contribution in [2.24, 2.45) is 0 Å². The van der Waals surface area contributed by atoms with Crippen LogP contribution in [0.15, 0.2) is 29.0 Å². The first-order chi connectivity index (χ1) is 8.92. The van der Waals surface area contributed by atoms with Crippen molar-refractivity contribution in [3.05, 3.63) is 30.2 Å². The third kappa shape index (κ3) is 2.69. The Morgan fingerprint density at radius 2 is 2.22 bits per heavy atom. The Labute approximate surface area is 106 Å². The lowest BCUT2D eigenvalue weighted by molar-refractivity contribution is 0.223. The van der Waals surface area contributed by atoms with E-state index in [9.17, 15) is 0 Å². The van der Waals surface area contributed by atoms with Gasteiger partial charge in [-0.15, -0.1) is 0 Å². The predicted octanol–water partition coefficient (Wildman–Crippen LogP) is 0.780. The lowest BCUT2D eigenvalue weighted by Crippen LogP contribution is -2.46. The van der Waals surface area contributed by atoms with Crippen LogP contribution in [0.2, 0.25) is 0 Å². The molecule has 0 spiro atoms. The van der Waals surface area contributed by atoms with Crippen molar-refractivity contribution < 1.29 is 4.42 Å². The van der Waals surface area contributed by atoms with Gasteiger partial charge in [0.05, 0.1) is 0 Å². The number of rotatable bonds is 4. The second-order valence-electron chi connectivity index (χ2n) is 4.61. The van der Waals surface area contributed by atoms with Gasteiger partial charge in [-0.2, -0.15) is 0 Å². The number of fused-ring (bicyclic) bond motifs is 1. The third-order valence-electron chi connectivity index (χ3n) is 3.27. The first-order valence-corrected chi connectivity index (χ1v) is 6.38. The van der Waals surface area contributed by atoms with Crippen LogP contribution < -0.4 is 10.6 Å². The molecule has 2 heterocycles. The molecule has 0 unspecified atom stereocenters. The fraction of sp³-hybridized carbons (Fsp3) is 0.462. The lowest BCUT2D eigenvalue weighted by Gasteiger charge is -2.27. The molecule has 1 aromatic carbocycles. The Kier molecular flexibility index (Phi) is 3.54. The van der Waals surface area contributed by atoms with Crippen LogP contribution in [0, 0.1) is 0 Å². The summed E-state index contributed by atoms with van der Waals surface area (Å²) in [7, 11) is 0. The molecule has 0 bridgehead atoms. The van der Waals surface area contributed by atoms with Crippen molar-refractivity contribution >= 4 is 11.1 Å². The third-order valence-corrected chi connectivity index (χ3v) is 3.27. The van der Waals surface area contributed by atoms with Gasteiger partial charge in [0.25, 0.3) is 0 Å². The molecule has 0 amide bonds. The average molecular weight is 246 g/mol. The minimum atomic E-state index is 0.858. The van der Waals surface area contributed by atoms with Gasteiger partial charge < -0.3 is 15.1 Å². The Bertz CT molecular complexity index is 504. The van der Waals surface area contributed by atoms with Crippen molar-refractivity contribution in [1.82, 2.24) is 20.5 Å². The van der Waals surface area contributed by atoms with Crippen LogP contribution in [0.4, 0.5) is 0 Å². The second kappa shape index (κ2) is 5.48. The summed E-state index contributed by atoms with van der Waals surface area (Å²) in [5, 5.41) is 6.82. The Balaban J connectivity index is 1.52. The van der Waals surface area contributed by atoms with Gasteiger partial charge in [-0.05, 0) is 17.7 Å². The Morgan fingerprint density at radius 1 is 1.33 bits per heavy atom. The summed E-state index contributed by atoms with van der Waals surface area (Å²) in [6, 6.07) is 6.14. The molecule has 1 fully saturated rings. The van der Waals surface area contributed by atoms with Crippen molar-refractivity contribution in [2.75, 3.05) is 32.8 Å². The maximum Gasteiger partial charge on any atom is 0.181 e. The standard InChI is InChI=1S/C13H18N4O/c1-2-12-13(18-10-16-12)7-11(1)8-15-9-17-5-3-14-4-6-17/h1-2,7,10,14-15H,3-6,8-9H2. The topological polar surface area (TPSA) is 53.3 Å². The maximum absolute atomic E-state index is 5.30. The smallest absolute Gasteiger partial charge is 0.181 e. The molecule has 0 atom stereocenters. The zero-order chi connectivity index (χ0) is 12.2. The van der Waals surface area contributed by atoms with Crippen LogP contribution in [-0.2, 0) is 6.54 Å². The van der Waals surface area contributed by atoms with E-state index < -0.39 is 0 Å². The number of nitrogens with one attached hydrogen (secondary N) is 2. The summed E-state index contributed by atoms with van der Waals surface area (Å²) >= 11 is 0. The van der Waals surface area contributed by atoms with Crippen LogP contribution in [0.25, 0.3) is 11.1 Å². The summed E-state index contributed by atoms with van der Waals surface area (Å²) in [4.78, 5) is 6.53. The SMILES string of the molecule is c1nc2ccc(CNCN3CCNCC3)cc2o1. The van der Waals surface area contributed by atoms with Gasteiger partial charge in [0, 0.05) is 39.4 Å². The molecule has 1 aliphatic heterocycles. The van der Waals surface area contributed by atoms with E-state index in [1.165, 1.54) is 12.0 Å². The molecule has 0 aliphatic carbocycles. The van der Waals surface area contributed by atoms with Gasteiger partial charge in [0.2, 0.25) is 0 Å². The second-order valence-corrected chi connectivity index (χ2v) is 4.61. The maximum atomic E-state index is 5.30. The number of piperazine rings is 1. The molecule has 1 aliphatic rings. The Hall–Kier alpha value is -1.43. The van der Waals surface area contributed by atoms with Crippen LogP contribution in [-0.4, -0.2) is 42.7 Å². The highest BCUT2D eigenvalue weighted by Gasteiger charge is 2.08. The zero-order valence-corrected chi connectivity index (χ0v) is 10.4. The molecular weight excluding hydrogens is 228 g/mol. The molecule has 3 rings (SSSR count). The van der Waals surface area contributed by atoms with Crippen LogP contribution in [0.5, 0.6) is 0 Å². The number of aromatic nitrogens is 1. The van der Waals surface area contributed by atoms with Crippen molar-refractivity contribution in [3.63, 3.8) is 0 Å². The number of oxazole rings is 1. The zero-order valence-electron chi connectivity index (χ0n) is 10.4. The van der Waals surface area contributed by atoms with E-state index >= 15 is 0 Å². The Morgan fingerprint density at radius 3 is 3.11 bits per heavy atom. The highest BCUT2D eigenvalue weighted by Crippen LogP contribution is 2.13.